The Morgan fingerprint density at radius 1 is 0.661 bits per heavy atom. The molecule has 0 saturated heterocycles. The molecule has 12 nitrogen and oxygen atoms in total. The molecule has 0 amide bonds. The summed E-state index contributed by atoms with van der Waals surface area (Å²) in [5.41, 5.74) is 11.6. The van der Waals surface area contributed by atoms with Crippen LogP contribution in [0, 0.1) is 41.5 Å². The van der Waals surface area contributed by atoms with E-state index in [0.29, 0.717) is 23.5 Å². The summed E-state index contributed by atoms with van der Waals surface area (Å²) in [5.74, 6) is 3.98. The van der Waals surface area contributed by atoms with Gasteiger partial charge in [-0.3, -0.25) is 4.72 Å². The van der Waals surface area contributed by atoms with Gasteiger partial charge in [0.15, 0.2) is 0 Å². The molecule has 4 aromatic carbocycles. The fourth-order valence-electron chi connectivity index (χ4n) is 7.13. The quantitative estimate of drug-likeness (QED) is 0.144. The van der Waals surface area contributed by atoms with Crippen molar-refractivity contribution in [1.29, 1.82) is 0 Å². The van der Waals surface area contributed by atoms with E-state index in [1.54, 1.807) is 20.1 Å². The van der Waals surface area contributed by atoms with Crippen LogP contribution in [0.2, 0.25) is 0 Å². The Morgan fingerprint density at radius 2 is 1.12 bits per heavy atom. The highest BCUT2D eigenvalue weighted by molar-refractivity contribution is 7.92. The van der Waals surface area contributed by atoms with Gasteiger partial charge in [0.1, 0.15) is 40.0 Å². The lowest BCUT2D eigenvalue weighted by molar-refractivity contribution is 0.393. The van der Waals surface area contributed by atoms with E-state index in [1.807, 2.05) is 77.9 Å². The van der Waals surface area contributed by atoms with Gasteiger partial charge in [0.25, 0.3) is 0 Å². The molecule has 0 fully saturated rings. The molecule has 4 aromatic heterocycles. The van der Waals surface area contributed by atoms with Crippen molar-refractivity contribution >= 4 is 37.8 Å². The molecule has 0 radical (unpaired) electrons. The maximum absolute atomic E-state index is 12.4. The van der Waals surface area contributed by atoms with Gasteiger partial charge >= 0.3 is 0 Å². The standard InChI is InChI=1S/C22H24N4O3S.C21H21N3O2/c1-5-30(27,28)25-19-11-18(21-14(2)24-29-15(21)3)12-20-22(19)23-16(4)26(20)13-17-9-7-6-8-10-17;1-13-20(14(2)26-23-13)17-10-18-21(19(11-17)25-4)22-15(3)24(18)12-16-8-6-5-7-9-16/h6-12,25H,5,13H2,1-4H3;5-11H,12H2,1-4H3. The highest BCUT2D eigenvalue weighted by Gasteiger charge is 2.21. The lowest BCUT2D eigenvalue weighted by atomic mass is 10.0. The summed E-state index contributed by atoms with van der Waals surface area (Å²) in [6, 6.07) is 28.5. The number of ether oxygens (including phenoxy) is 1. The van der Waals surface area contributed by atoms with E-state index < -0.39 is 10.0 Å². The zero-order chi connectivity index (χ0) is 39.7. The van der Waals surface area contributed by atoms with Gasteiger partial charge in [-0.05, 0) is 95.0 Å². The van der Waals surface area contributed by atoms with E-state index in [0.717, 1.165) is 85.5 Å². The van der Waals surface area contributed by atoms with Crippen LogP contribution < -0.4 is 9.46 Å². The first-order chi connectivity index (χ1) is 26.9. The smallest absolute Gasteiger partial charge is 0.232 e. The van der Waals surface area contributed by atoms with Crippen LogP contribution in [0.3, 0.4) is 0 Å². The first-order valence-corrected chi connectivity index (χ1v) is 20.0. The Labute approximate surface area is 326 Å². The van der Waals surface area contributed by atoms with Crippen molar-refractivity contribution < 1.29 is 22.2 Å². The maximum Gasteiger partial charge on any atom is 0.232 e. The number of rotatable bonds is 10. The minimum absolute atomic E-state index is 0.0201. The van der Waals surface area contributed by atoms with E-state index in [2.05, 4.69) is 66.6 Å². The van der Waals surface area contributed by atoms with Crippen molar-refractivity contribution in [3.8, 4) is 28.0 Å². The molecule has 0 spiro atoms. The van der Waals surface area contributed by atoms with E-state index in [9.17, 15) is 8.42 Å². The van der Waals surface area contributed by atoms with Gasteiger partial charge in [-0.15, -0.1) is 0 Å². The van der Waals surface area contributed by atoms with Crippen LogP contribution in [0.4, 0.5) is 5.69 Å². The summed E-state index contributed by atoms with van der Waals surface area (Å²) < 4.78 is 48.0. The van der Waals surface area contributed by atoms with Gasteiger partial charge in [0.2, 0.25) is 10.0 Å². The molecule has 8 aromatic rings. The molecule has 8 rings (SSSR count). The summed E-state index contributed by atoms with van der Waals surface area (Å²) in [6.45, 7) is 14.6. The van der Waals surface area contributed by atoms with Gasteiger partial charge in [-0.2, -0.15) is 0 Å². The van der Waals surface area contributed by atoms with E-state index in [4.69, 9.17) is 23.8 Å². The first-order valence-electron chi connectivity index (χ1n) is 18.4. The van der Waals surface area contributed by atoms with Crippen LogP contribution >= 0.6 is 0 Å². The minimum Gasteiger partial charge on any atom is -0.494 e. The van der Waals surface area contributed by atoms with Crippen molar-refractivity contribution in [1.82, 2.24) is 29.4 Å². The molecule has 0 aliphatic heterocycles. The van der Waals surface area contributed by atoms with Gasteiger partial charge < -0.3 is 22.9 Å². The SMILES string of the molecule is CCS(=O)(=O)Nc1cc(-c2c(C)noc2C)cc2c1nc(C)n2Cc1ccccc1.COc1cc(-c2c(C)noc2C)cc2c1nc(C)n2Cc1ccccc1. The fraction of sp³-hybridized carbons (Fsp3) is 0.256. The molecule has 0 saturated carbocycles. The number of fused-ring (bicyclic) bond motifs is 2. The number of anilines is 1. The van der Waals surface area contributed by atoms with Crippen LogP contribution in [0.1, 0.15) is 52.6 Å². The van der Waals surface area contributed by atoms with Gasteiger partial charge in [0.05, 0.1) is 41.0 Å². The molecular formula is C43H45N7O5S. The van der Waals surface area contributed by atoms with E-state index >= 15 is 0 Å². The monoisotopic (exact) mass is 771 g/mol. The molecule has 4 heterocycles. The van der Waals surface area contributed by atoms with Crippen molar-refractivity contribution in [3.05, 3.63) is 131 Å². The number of methoxy groups -OCH3 is 1. The zero-order valence-electron chi connectivity index (χ0n) is 32.8. The Bertz CT molecular complexity index is 2740. The molecule has 288 valence electrons. The van der Waals surface area contributed by atoms with Crippen molar-refractivity contribution in [2.24, 2.45) is 0 Å². The molecule has 1 N–H and O–H groups in total. The van der Waals surface area contributed by atoms with Crippen molar-refractivity contribution in [2.45, 2.75) is 61.6 Å². The second-order valence-corrected chi connectivity index (χ2v) is 15.8. The number of hydrogen-bond acceptors (Lipinski definition) is 9. The number of nitrogens with one attached hydrogen (secondary N) is 1. The molecule has 0 aliphatic carbocycles. The second kappa shape index (κ2) is 15.5. The summed E-state index contributed by atoms with van der Waals surface area (Å²) in [5, 5.41) is 8.14. The summed E-state index contributed by atoms with van der Waals surface area (Å²) in [7, 11) is -1.79. The minimum atomic E-state index is -3.47. The Morgan fingerprint density at radius 3 is 1.57 bits per heavy atom. The number of hydrogen-bond donors (Lipinski definition) is 1. The van der Waals surface area contributed by atoms with E-state index in [-0.39, 0.29) is 5.75 Å². The molecule has 0 bridgehead atoms. The molecule has 13 heteroatoms. The van der Waals surface area contributed by atoms with Crippen molar-refractivity contribution in [2.75, 3.05) is 17.6 Å². The van der Waals surface area contributed by atoms with Crippen LogP contribution in [-0.2, 0) is 23.1 Å². The third-order valence-corrected chi connectivity index (χ3v) is 11.2. The number of sulfonamides is 1. The number of imidazole rings is 2. The zero-order valence-corrected chi connectivity index (χ0v) is 33.7. The predicted octanol–water partition coefficient (Wildman–Crippen LogP) is 9.10. The molecule has 0 aliphatic rings. The Balaban J connectivity index is 0.000000173. The Kier molecular flexibility index (Phi) is 10.5. The van der Waals surface area contributed by atoms with Crippen LogP contribution in [0.15, 0.2) is 94.0 Å². The summed E-state index contributed by atoms with van der Waals surface area (Å²) in [6.07, 6.45) is 0. The first kappa shape index (κ1) is 38.1. The average molecular weight is 772 g/mol. The third-order valence-electron chi connectivity index (χ3n) is 9.93. The highest BCUT2D eigenvalue weighted by atomic mass is 32.2. The normalized spacial score (nSPS) is 11.6. The van der Waals surface area contributed by atoms with Crippen molar-refractivity contribution in [3.63, 3.8) is 0 Å². The lowest BCUT2D eigenvalue weighted by Crippen LogP contribution is -2.15. The molecule has 0 unspecified atom stereocenters. The van der Waals surface area contributed by atoms with Gasteiger partial charge in [-0.25, -0.2) is 18.4 Å². The van der Waals surface area contributed by atoms with Crippen LogP contribution in [0.25, 0.3) is 44.3 Å². The number of aryl methyl sites for hydroxylation is 6. The number of nitrogens with zero attached hydrogens (tertiary/aromatic N) is 6. The summed E-state index contributed by atoms with van der Waals surface area (Å²) >= 11 is 0. The topological polar surface area (TPSA) is 143 Å². The summed E-state index contributed by atoms with van der Waals surface area (Å²) in [4.78, 5) is 9.44. The fourth-order valence-corrected chi connectivity index (χ4v) is 7.76. The predicted molar refractivity (Wildman–Crippen MR) is 220 cm³/mol. The molecule has 56 heavy (non-hydrogen) atoms. The van der Waals surface area contributed by atoms with E-state index in [1.165, 1.54) is 5.56 Å². The second-order valence-electron chi connectivity index (χ2n) is 13.8. The van der Waals surface area contributed by atoms with Crippen LogP contribution in [-0.4, -0.2) is 50.7 Å². The Hall–Kier alpha value is -6.21. The van der Waals surface area contributed by atoms with Crippen LogP contribution in [0.5, 0.6) is 5.75 Å². The van der Waals surface area contributed by atoms with Gasteiger partial charge in [-0.1, -0.05) is 71.0 Å². The third kappa shape index (κ3) is 7.54. The number of benzene rings is 4. The highest BCUT2D eigenvalue weighted by Crippen LogP contribution is 2.37. The molecular weight excluding hydrogens is 727 g/mol. The average Bonchev–Trinajstić information content (AvgIpc) is 3.91. The number of aromatic nitrogens is 6. The maximum atomic E-state index is 12.4. The lowest BCUT2D eigenvalue weighted by Gasteiger charge is -2.12. The van der Waals surface area contributed by atoms with Gasteiger partial charge in [0, 0.05) is 24.2 Å². The largest absolute Gasteiger partial charge is 0.494 e. The molecule has 0 atom stereocenters.